The van der Waals surface area contributed by atoms with Crippen molar-refractivity contribution in [3.63, 3.8) is 0 Å². The molecule has 1 aromatic carbocycles. The zero-order valence-corrected chi connectivity index (χ0v) is 11.5. The molecule has 0 saturated carbocycles. The van der Waals surface area contributed by atoms with Gasteiger partial charge in [0.05, 0.1) is 12.3 Å². The standard InChI is InChI=1S/C15H18N2O2/c1-4-19-14-8-12(10-18)7-13(9-14)15-5-6-16-17(15)11(2)3/h5-11H,4H2,1-3H3. The molecule has 4 heteroatoms. The lowest BCUT2D eigenvalue weighted by Gasteiger charge is -2.12. The molecule has 0 amide bonds. The van der Waals surface area contributed by atoms with Crippen LogP contribution in [0.25, 0.3) is 11.3 Å². The zero-order chi connectivity index (χ0) is 13.8. The Balaban J connectivity index is 2.51. The Morgan fingerprint density at radius 1 is 1.37 bits per heavy atom. The van der Waals surface area contributed by atoms with Crippen LogP contribution in [0.1, 0.15) is 37.2 Å². The van der Waals surface area contributed by atoms with Gasteiger partial charge >= 0.3 is 0 Å². The van der Waals surface area contributed by atoms with Gasteiger partial charge in [0.2, 0.25) is 0 Å². The molecule has 0 fully saturated rings. The van der Waals surface area contributed by atoms with E-state index in [-0.39, 0.29) is 6.04 Å². The number of hydrogen-bond acceptors (Lipinski definition) is 3. The lowest BCUT2D eigenvalue weighted by molar-refractivity contribution is 0.112. The minimum Gasteiger partial charge on any atom is -0.494 e. The number of aldehydes is 1. The first-order chi connectivity index (χ1) is 9.15. The molecule has 0 spiro atoms. The van der Waals surface area contributed by atoms with Gasteiger partial charge in [-0.05, 0) is 45.0 Å². The number of aromatic nitrogens is 2. The second kappa shape index (κ2) is 5.69. The Kier molecular flexibility index (Phi) is 4.00. The van der Waals surface area contributed by atoms with E-state index in [0.717, 1.165) is 17.5 Å². The molecule has 0 aliphatic carbocycles. The molecule has 0 radical (unpaired) electrons. The smallest absolute Gasteiger partial charge is 0.150 e. The highest BCUT2D eigenvalue weighted by molar-refractivity contribution is 5.79. The first-order valence-electron chi connectivity index (χ1n) is 6.42. The molecule has 0 bridgehead atoms. The first-order valence-corrected chi connectivity index (χ1v) is 6.42. The second-order valence-electron chi connectivity index (χ2n) is 4.60. The fourth-order valence-electron chi connectivity index (χ4n) is 2.04. The highest BCUT2D eigenvalue weighted by Gasteiger charge is 2.10. The average Bonchev–Trinajstić information content (AvgIpc) is 2.88. The van der Waals surface area contributed by atoms with Crippen LogP contribution in [-0.4, -0.2) is 22.7 Å². The number of carbonyl (C=O) groups excluding carboxylic acids is 1. The molecule has 4 nitrogen and oxygen atoms in total. The third-order valence-electron chi connectivity index (χ3n) is 2.83. The fourth-order valence-corrected chi connectivity index (χ4v) is 2.04. The molecule has 1 aromatic heterocycles. The predicted octanol–water partition coefficient (Wildman–Crippen LogP) is 3.34. The molecule has 0 atom stereocenters. The van der Waals surface area contributed by atoms with E-state index in [2.05, 4.69) is 18.9 Å². The summed E-state index contributed by atoms with van der Waals surface area (Å²) in [5.41, 5.74) is 2.54. The normalized spacial score (nSPS) is 10.7. The molecule has 2 rings (SSSR count). The summed E-state index contributed by atoms with van der Waals surface area (Å²) in [5, 5.41) is 4.31. The van der Waals surface area contributed by atoms with E-state index in [1.807, 2.05) is 29.8 Å². The Hall–Kier alpha value is -2.10. The Bertz CT molecular complexity index is 573. The number of ether oxygens (including phenoxy) is 1. The van der Waals surface area contributed by atoms with Gasteiger partial charge in [-0.15, -0.1) is 0 Å². The maximum Gasteiger partial charge on any atom is 0.150 e. The van der Waals surface area contributed by atoms with E-state index in [0.29, 0.717) is 17.9 Å². The molecular formula is C15H18N2O2. The molecule has 0 aliphatic heterocycles. The SMILES string of the molecule is CCOc1cc(C=O)cc(-c2ccnn2C(C)C)c1. The molecule has 0 N–H and O–H groups in total. The van der Waals surface area contributed by atoms with Crippen molar-refractivity contribution < 1.29 is 9.53 Å². The van der Waals surface area contributed by atoms with Gasteiger partial charge in [0, 0.05) is 23.4 Å². The van der Waals surface area contributed by atoms with Crippen molar-refractivity contribution in [3.8, 4) is 17.0 Å². The van der Waals surface area contributed by atoms with Gasteiger partial charge in [0.25, 0.3) is 0 Å². The van der Waals surface area contributed by atoms with Crippen molar-refractivity contribution >= 4 is 6.29 Å². The van der Waals surface area contributed by atoms with Crippen LogP contribution in [-0.2, 0) is 0 Å². The third kappa shape index (κ3) is 2.84. The van der Waals surface area contributed by atoms with Gasteiger partial charge in [0.15, 0.2) is 0 Å². The minimum absolute atomic E-state index is 0.264. The van der Waals surface area contributed by atoms with Crippen molar-refractivity contribution in [1.82, 2.24) is 9.78 Å². The summed E-state index contributed by atoms with van der Waals surface area (Å²) >= 11 is 0. The van der Waals surface area contributed by atoms with Crippen LogP contribution < -0.4 is 4.74 Å². The van der Waals surface area contributed by atoms with Crippen molar-refractivity contribution in [3.05, 3.63) is 36.0 Å². The molecule has 0 unspecified atom stereocenters. The third-order valence-corrected chi connectivity index (χ3v) is 2.83. The summed E-state index contributed by atoms with van der Waals surface area (Å²) in [7, 11) is 0. The number of rotatable bonds is 5. The summed E-state index contributed by atoms with van der Waals surface area (Å²) in [4.78, 5) is 11.0. The Morgan fingerprint density at radius 2 is 2.16 bits per heavy atom. The molecule has 0 aliphatic rings. The first kappa shape index (κ1) is 13.3. The fraction of sp³-hybridized carbons (Fsp3) is 0.333. The lowest BCUT2D eigenvalue weighted by Crippen LogP contribution is -2.05. The van der Waals surface area contributed by atoms with Crippen LogP contribution in [0.4, 0.5) is 0 Å². The van der Waals surface area contributed by atoms with Crippen molar-refractivity contribution in [2.75, 3.05) is 6.61 Å². The summed E-state index contributed by atoms with van der Waals surface area (Å²) < 4.78 is 7.43. The van der Waals surface area contributed by atoms with Crippen LogP contribution in [0, 0.1) is 0 Å². The number of carbonyl (C=O) groups is 1. The van der Waals surface area contributed by atoms with E-state index in [1.54, 1.807) is 12.3 Å². The van der Waals surface area contributed by atoms with Gasteiger partial charge in [0.1, 0.15) is 12.0 Å². The minimum atomic E-state index is 0.264. The molecule has 2 aromatic rings. The predicted molar refractivity (Wildman–Crippen MR) is 74.6 cm³/mol. The number of nitrogens with zero attached hydrogens (tertiary/aromatic N) is 2. The van der Waals surface area contributed by atoms with Crippen LogP contribution in [0.2, 0.25) is 0 Å². The lowest BCUT2D eigenvalue weighted by atomic mass is 10.1. The van der Waals surface area contributed by atoms with Gasteiger partial charge < -0.3 is 4.74 Å². The van der Waals surface area contributed by atoms with Crippen molar-refractivity contribution in [2.24, 2.45) is 0 Å². The van der Waals surface area contributed by atoms with Crippen LogP contribution in [0.5, 0.6) is 5.75 Å². The average molecular weight is 258 g/mol. The van der Waals surface area contributed by atoms with E-state index < -0.39 is 0 Å². The van der Waals surface area contributed by atoms with Crippen molar-refractivity contribution in [2.45, 2.75) is 26.8 Å². The molecule has 0 saturated heterocycles. The van der Waals surface area contributed by atoms with E-state index in [9.17, 15) is 4.79 Å². The topological polar surface area (TPSA) is 44.1 Å². The largest absolute Gasteiger partial charge is 0.494 e. The van der Waals surface area contributed by atoms with Gasteiger partial charge in [-0.25, -0.2) is 0 Å². The molecule has 19 heavy (non-hydrogen) atoms. The van der Waals surface area contributed by atoms with Gasteiger partial charge in [-0.2, -0.15) is 5.10 Å². The summed E-state index contributed by atoms with van der Waals surface area (Å²) in [6.45, 7) is 6.64. The maximum atomic E-state index is 11.0. The van der Waals surface area contributed by atoms with Crippen LogP contribution >= 0.6 is 0 Å². The Morgan fingerprint density at radius 3 is 2.79 bits per heavy atom. The van der Waals surface area contributed by atoms with Gasteiger partial charge in [-0.1, -0.05) is 0 Å². The van der Waals surface area contributed by atoms with Crippen LogP contribution in [0.3, 0.4) is 0 Å². The number of benzene rings is 1. The van der Waals surface area contributed by atoms with Crippen molar-refractivity contribution in [1.29, 1.82) is 0 Å². The summed E-state index contributed by atoms with van der Waals surface area (Å²) in [6, 6.07) is 7.74. The number of hydrogen-bond donors (Lipinski definition) is 0. The zero-order valence-electron chi connectivity index (χ0n) is 11.5. The van der Waals surface area contributed by atoms with E-state index in [1.165, 1.54) is 0 Å². The summed E-state index contributed by atoms with van der Waals surface area (Å²) in [5.74, 6) is 0.707. The molecular weight excluding hydrogens is 240 g/mol. The quantitative estimate of drug-likeness (QED) is 0.772. The monoisotopic (exact) mass is 258 g/mol. The van der Waals surface area contributed by atoms with Gasteiger partial charge in [-0.3, -0.25) is 9.48 Å². The highest BCUT2D eigenvalue weighted by Crippen LogP contribution is 2.27. The van der Waals surface area contributed by atoms with E-state index >= 15 is 0 Å². The highest BCUT2D eigenvalue weighted by atomic mass is 16.5. The Labute approximate surface area is 113 Å². The maximum absolute atomic E-state index is 11.0. The molecule has 100 valence electrons. The molecule has 1 heterocycles. The second-order valence-corrected chi connectivity index (χ2v) is 4.60. The summed E-state index contributed by atoms with van der Waals surface area (Å²) in [6.07, 6.45) is 2.60. The van der Waals surface area contributed by atoms with Crippen LogP contribution in [0.15, 0.2) is 30.5 Å². The van der Waals surface area contributed by atoms with E-state index in [4.69, 9.17) is 4.74 Å².